The standard InChI is InChI=1S/C11H13N3O3/c1-12-5-10(15)13-7-2-3-9-8(4-7)14-11(16)6-17-9/h2-4,12H,5-6H2,1H3,(H,13,15)(H,14,16). The van der Waals surface area contributed by atoms with Gasteiger partial charge in [-0.2, -0.15) is 0 Å². The minimum atomic E-state index is -0.198. The smallest absolute Gasteiger partial charge is 0.262 e. The quantitative estimate of drug-likeness (QED) is 0.698. The zero-order valence-electron chi connectivity index (χ0n) is 9.37. The molecular formula is C11H13N3O3. The summed E-state index contributed by atoms with van der Waals surface area (Å²) >= 11 is 0. The van der Waals surface area contributed by atoms with E-state index in [0.29, 0.717) is 17.1 Å². The van der Waals surface area contributed by atoms with E-state index < -0.39 is 0 Å². The van der Waals surface area contributed by atoms with E-state index in [1.165, 1.54) is 0 Å². The number of amides is 2. The minimum absolute atomic E-state index is 0.0263. The van der Waals surface area contributed by atoms with Crippen molar-refractivity contribution >= 4 is 23.2 Å². The van der Waals surface area contributed by atoms with E-state index in [1.807, 2.05) is 0 Å². The first-order valence-corrected chi connectivity index (χ1v) is 5.20. The molecule has 3 N–H and O–H groups in total. The van der Waals surface area contributed by atoms with Crippen LogP contribution >= 0.6 is 0 Å². The number of rotatable bonds is 3. The van der Waals surface area contributed by atoms with Crippen LogP contribution in [0, 0.1) is 0 Å². The molecule has 0 aromatic heterocycles. The topological polar surface area (TPSA) is 79.5 Å². The normalized spacial score (nSPS) is 13.4. The van der Waals surface area contributed by atoms with Crippen molar-refractivity contribution < 1.29 is 14.3 Å². The molecule has 0 saturated carbocycles. The molecule has 0 unspecified atom stereocenters. The summed E-state index contributed by atoms with van der Waals surface area (Å²) in [6.07, 6.45) is 0. The first-order valence-electron chi connectivity index (χ1n) is 5.20. The third-order valence-corrected chi connectivity index (χ3v) is 2.23. The highest BCUT2D eigenvalue weighted by atomic mass is 16.5. The molecule has 0 spiro atoms. The third-order valence-electron chi connectivity index (χ3n) is 2.23. The Morgan fingerprint density at radius 1 is 1.53 bits per heavy atom. The van der Waals surface area contributed by atoms with E-state index in [-0.39, 0.29) is 25.0 Å². The highest BCUT2D eigenvalue weighted by Crippen LogP contribution is 2.30. The summed E-state index contributed by atoms with van der Waals surface area (Å²) in [5.41, 5.74) is 1.19. The Morgan fingerprint density at radius 3 is 3.12 bits per heavy atom. The number of ether oxygens (including phenoxy) is 1. The zero-order valence-corrected chi connectivity index (χ0v) is 9.37. The van der Waals surface area contributed by atoms with Crippen LogP contribution in [0.1, 0.15) is 0 Å². The highest BCUT2D eigenvalue weighted by molar-refractivity contribution is 5.97. The average Bonchev–Trinajstić information content (AvgIpc) is 2.28. The van der Waals surface area contributed by atoms with Crippen LogP contribution in [0.5, 0.6) is 5.75 Å². The Hall–Kier alpha value is -2.08. The molecule has 2 amide bonds. The van der Waals surface area contributed by atoms with E-state index in [9.17, 15) is 9.59 Å². The number of carbonyl (C=O) groups is 2. The van der Waals surface area contributed by atoms with E-state index in [0.717, 1.165) is 0 Å². The van der Waals surface area contributed by atoms with Gasteiger partial charge in [0.2, 0.25) is 5.91 Å². The van der Waals surface area contributed by atoms with Crippen LogP contribution in [0.2, 0.25) is 0 Å². The van der Waals surface area contributed by atoms with Crippen LogP contribution in [0.15, 0.2) is 18.2 Å². The Morgan fingerprint density at radius 2 is 2.35 bits per heavy atom. The molecule has 1 aliphatic rings. The second-order valence-electron chi connectivity index (χ2n) is 3.63. The lowest BCUT2D eigenvalue weighted by atomic mass is 10.2. The second-order valence-corrected chi connectivity index (χ2v) is 3.63. The summed E-state index contributed by atoms with van der Waals surface area (Å²) in [6.45, 7) is 0.262. The van der Waals surface area contributed by atoms with Gasteiger partial charge in [-0.05, 0) is 25.2 Å². The van der Waals surface area contributed by atoms with Gasteiger partial charge in [-0.15, -0.1) is 0 Å². The lowest BCUT2D eigenvalue weighted by molar-refractivity contribution is -0.118. The molecule has 0 fully saturated rings. The maximum atomic E-state index is 11.4. The molecule has 6 heteroatoms. The SMILES string of the molecule is CNCC(=O)Nc1ccc2c(c1)NC(=O)CO2. The first kappa shape index (κ1) is 11.4. The molecule has 1 heterocycles. The van der Waals surface area contributed by atoms with Gasteiger partial charge in [-0.25, -0.2) is 0 Å². The Labute approximate surface area is 98.3 Å². The summed E-state index contributed by atoms with van der Waals surface area (Å²) in [7, 11) is 1.69. The monoisotopic (exact) mass is 235 g/mol. The van der Waals surface area contributed by atoms with Crippen LogP contribution < -0.4 is 20.7 Å². The molecule has 1 aliphatic heterocycles. The van der Waals surface area contributed by atoms with Gasteiger partial charge in [-0.1, -0.05) is 0 Å². The second kappa shape index (κ2) is 4.84. The number of hydrogen-bond acceptors (Lipinski definition) is 4. The molecular weight excluding hydrogens is 222 g/mol. The van der Waals surface area contributed by atoms with Crippen molar-refractivity contribution in [2.45, 2.75) is 0 Å². The summed E-state index contributed by atoms with van der Waals surface area (Å²) in [5.74, 6) is 0.267. The molecule has 1 aromatic carbocycles. The maximum absolute atomic E-state index is 11.4. The van der Waals surface area contributed by atoms with Crippen molar-refractivity contribution in [1.82, 2.24) is 5.32 Å². The van der Waals surface area contributed by atoms with Gasteiger partial charge in [0.25, 0.3) is 5.91 Å². The van der Waals surface area contributed by atoms with Crippen LogP contribution in [0.25, 0.3) is 0 Å². The van der Waals surface area contributed by atoms with Crippen LogP contribution in [0.4, 0.5) is 11.4 Å². The molecule has 2 rings (SSSR count). The lowest BCUT2D eigenvalue weighted by Crippen LogP contribution is -2.26. The van der Waals surface area contributed by atoms with Crippen LogP contribution in [-0.4, -0.2) is 32.0 Å². The van der Waals surface area contributed by atoms with Gasteiger partial charge in [0, 0.05) is 5.69 Å². The van der Waals surface area contributed by atoms with E-state index in [1.54, 1.807) is 25.2 Å². The maximum Gasteiger partial charge on any atom is 0.262 e. The molecule has 0 bridgehead atoms. The van der Waals surface area contributed by atoms with E-state index >= 15 is 0 Å². The summed E-state index contributed by atoms with van der Waals surface area (Å²) < 4.78 is 5.21. The molecule has 0 aliphatic carbocycles. The molecule has 90 valence electrons. The van der Waals surface area contributed by atoms with Crippen molar-refractivity contribution in [3.63, 3.8) is 0 Å². The number of fused-ring (bicyclic) bond motifs is 1. The fourth-order valence-corrected chi connectivity index (χ4v) is 1.53. The van der Waals surface area contributed by atoms with Crippen molar-refractivity contribution in [3.8, 4) is 5.75 Å². The van der Waals surface area contributed by atoms with Crippen molar-refractivity contribution in [3.05, 3.63) is 18.2 Å². The predicted octanol–water partition coefficient (Wildman–Crippen LogP) is 0.175. The minimum Gasteiger partial charge on any atom is -0.482 e. The number of carbonyl (C=O) groups excluding carboxylic acids is 2. The van der Waals surface area contributed by atoms with Gasteiger partial charge in [0.05, 0.1) is 12.2 Å². The van der Waals surface area contributed by atoms with Crippen LogP contribution in [-0.2, 0) is 9.59 Å². The average molecular weight is 235 g/mol. The van der Waals surface area contributed by atoms with Gasteiger partial charge < -0.3 is 20.7 Å². The summed E-state index contributed by atoms with van der Waals surface area (Å²) in [5, 5.41) is 8.12. The third kappa shape index (κ3) is 2.73. The Kier molecular flexibility index (Phi) is 3.24. The molecule has 17 heavy (non-hydrogen) atoms. The number of anilines is 2. The summed E-state index contributed by atoms with van der Waals surface area (Å²) in [6, 6.07) is 5.10. The Bertz CT molecular complexity index is 459. The lowest BCUT2D eigenvalue weighted by Gasteiger charge is -2.18. The molecule has 0 atom stereocenters. The van der Waals surface area contributed by atoms with Gasteiger partial charge in [-0.3, -0.25) is 9.59 Å². The Balaban J connectivity index is 2.13. The first-order chi connectivity index (χ1) is 8.19. The highest BCUT2D eigenvalue weighted by Gasteiger charge is 2.16. The largest absolute Gasteiger partial charge is 0.482 e. The van der Waals surface area contributed by atoms with Gasteiger partial charge in [0.1, 0.15) is 5.75 Å². The summed E-state index contributed by atoms with van der Waals surface area (Å²) in [4.78, 5) is 22.5. The number of nitrogens with one attached hydrogen (secondary N) is 3. The van der Waals surface area contributed by atoms with Crippen LogP contribution in [0.3, 0.4) is 0 Å². The van der Waals surface area contributed by atoms with E-state index in [2.05, 4.69) is 16.0 Å². The van der Waals surface area contributed by atoms with Crippen molar-refractivity contribution in [2.24, 2.45) is 0 Å². The number of hydrogen-bond donors (Lipinski definition) is 3. The number of likely N-dealkylation sites (N-methyl/N-ethyl adjacent to an activating group) is 1. The molecule has 0 radical (unpaired) electrons. The number of benzene rings is 1. The zero-order chi connectivity index (χ0) is 12.3. The van der Waals surface area contributed by atoms with E-state index in [4.69, 9.17) is 4.74 Å². The van der Waals surface area contributed by atoms with Gasteiger partial charge >= 0.3 is 0 Å². The van der Waals surface area contributed by atoms with Gasteiger partial charge in [0.15, 0.2) is 6.61 Å². The molecule has 1 aromatic rings. The fraction of sp³-hybridized carbons (Fsp3) is 0.273. The fourth-order valence-electron chi connectivity index (χ4n) is 1.53. The predicted molar refractivity (Wildman–Crippen MR) is 63.1 cm³/mol. The van der Waals surface area contributed by atoms with Crippen molar-refractivity contribution in [2.75, 3.05) is 30.8 Å². The van der Waals surface area contributed by atoms with Crippen molar-refractivity contribution in [1.29, 1.82) is 0 Å². The molecule has 6 nitrogen and oxygen atoms in total. The molecule has 0 saturated heterocycles.